The molecule has 0 bridgehead atoms. The monoisotopic (exact) mass is 319 g/mol. The predicted octanol–water partition coefficient (Wildman–Crippen LogP) is 3.25. The molecular formula is C12H15BrClNO2. The lowest BCUT2D eigenvalue weighted by molar-refractivity contribution is -0.123. The van der Waals surface area contributed by atoms with Crippen LogP contribution < -0.4 is 10.1 Å². The van der Waals surface area contributed by atoms with E-state index in [9.17, 15) is 4.79 Å². The van der Waals surface area contributed by atoms with Crippen LogP contribution >= 0.6 is 27.5 Å². The summed E-state index contributed by atoms with van der Waals surface area (Å²) in [5.41, 5.74) is 0. The van der Waals surface area contributed by atoms with E-state index in [-0.39, 0.29) is 12.5 Å². The fourth-order valence-electron chi connectivity index (χ4n) is 1.10. The van der Waals surface area contributed by atoms with Gasteiger partial charge in [-0.15, -0.1) is 0 Å². The Bertz CT molecular complexity index is 396. The Hall–Kier alpha value is -0.740. The maximum absolute atomic E-state index is 11.4. The molecule has 3 nitrogen and oxygen atoms in total. The van der Waals surface area contributed by atoms with Crippen molar-refractivity contribution in [3.63, 3.8) is 0 Å². The van der Waals surface area contributed by atoms with E-state index in [0.29, 0.717) is 23.2 Å². The summed E-state index contributed by atoms with van der Waals surface area (Å²) >= 11 is 9.12. The van der Waals surface area contributed by atoms with E-state index < -0.39 is 0 Å². The molecule has 1 N–H and O–H groups in total. The minimum Gasteiger partial charge on any atom is -0.483 e. The average Bonchev–Trinajstić information content (AvgIpc) is 2.25. The minimum atomic E-state index is -0.124. The highest BCUT2D eigenvalue weighted by Gasteiger charge is 2.06. The summed E-state index contributed by atoms with van der Waals surface area (Å²) < 4.78 is 6.11. The second-order valence-electron chi connectivity index (χ2n) is 4.06. The number of hydrogen-bond donors (Lipinski definition) is 1. The Morgan fingerprint density at radius 2 is 2.24 bits per heavy atom. The van der Waals surface area contributed by atoms with Crippen LogP contribution in [-0.2, 0) is 4.79 Å². The number of nitrogens with one attached hydrogen (secondary N) is 1. The average molecular weight is 321 g/mol. The van der Waals surface area contributed by atoms with Crippen LogP contribution in [0, 0.1) is 5.92 Å². The zero-order valence-electron chi connectivity index (χ0n) is 9.80. The third-order valence-electron chi connectivity index (χ3n) is 1.96. The fraction of sp³-hybridized carbons (Fsp3) is 0.417. The summed E-state index contributed by atoms with van der Waals surface area (Å²) in [5, 5.41) is 3.40. The molecule has 0 fully saturated rings. The highest BCUT2D eigenvalue weighted by molar-refractivity contribution is 9.10. The highest BCUT2D eigenvalue weighted by Crippen LogP contribution is 2.27. The van der Waals surface area contributed by atoms with Gasteiger partial charge in [0.1, 0.15) is 5.75 Å². The summed E-state index contributed by atoms with van der Waals surface area (Å²) in [5.74, 6) is 0.913. The zero-order chi connectivity index (χ0) is 12.8. The molecule has 0 aliphatic heterocycles. The maximum Gasteiger partial charge on any atom is 0.257 e. The maximum atomic E-state index is 11.4. The Balaban J connectivity index is 2.42. The van der Waals surface area contributed by atoms with Gasteiger partial charge >= 0.3 is 0 Å². The van der Waals surface area contributed by atoms with E-state index in [1.807, 2.05) is 13.8 Å². The molecule has 94 valence electrons. The number of halogens is 2. The molecular weight excluding hydrogens is 305 g/mol. The van der Waals surface area contributed by atoms with Crippen LogP contribution in [0.25, 0.3) is 0 Å². The molecule has 0 aliphatic rings. The predicted molar refractivity (Wildman–Crippen MR) is 72.5 cm³/mol. The molecule has 1 amide bonds. The first-order valence-electron chi connectivity index (χ1n) is 5.33. The van der Waals surface area contributed by atoms with E-state index in [4.69, 9.17) is 16.3 Å². The van der Waals surface area contributed by atoms with Gasteiger partial charge in [-0.2, -0.15) is 0 Å². The quantitative estimate of drug-likeness (QED) is 0.904. The number of carbonyl (C=O) groups is 1. The number of rotatable bonds is 5. The van der Waals surface area contributed by atoms with Gasteiger partial charge in [0.25, 0.3) is 5.91 Å². The second-order valence-corrected chi connectivity index (χ2v) is 5.35. The lowest BCUT2D eigenvalue weighted by Crippen LogP contribution is -2.31. The number of carbonyl (C=O) groups excluding carboxylic acids is 1. The van der Waals surface area contributed by atoms with E-state index in [1.165, 1.54) is 0 Å². The van der Waals surface area contributed by atoms with Crippen molar-refractivity contribution in [1.29, 1.82) is 0 Å². The Morgan fingerprint density at radius 3 is 2.82 bits per heavy atom. The van der Waals surface area contributed by atoms with Crippen molar-refractivity contribution in [2.24, 2.45) is 5.92 Å². The number of benzene rings is 1. The second kappa shape index (κ2) is 6.87. The molecule has 0 saturated carbocycles. The van der Waals surface area contributed by atoms with E-state index in [2.05, 4.69) is 21.2 Å². The molecule has 1 rings (SSSR count). The summed E-state index contributed by atoms with van der Waals surface area (Å²) in [6.07, 6.45) is 0. The summed E-state index contributed by atoms with van der Waals surface area (Å²) in [6.45, 7) is 4.74. The van der Waals surface area contributed by atoms with Gasteiger partial charge in [0.05, 0.1) is 4.47 Å². The standard InChI is InChI=1S/C12H15BrClNO2/c1-8(2)6-15-12(16)7-17-11-4-3-9(14)5-10(11)13/h3-5,8H,6-7H2,1-2H3,(H,15,16). The van der Waals surface area contributed by atoms with Crippen molar-refractivity contribution in [2.45, 2.75) is 13.8 Å². The summed E-state index contributed by atoms with van der Waals surface area (Å²) in [7, 11) is 0. The first-order valence-corrected chi connectivity index (χ1v) is 6.50. The van der Waals surface area contributed by atoms with Crippen LogP contribution in [0.5, 0.6) is 5.75 Å². The van der Waals surface area contributed by atoms with Crippen LogP contribution in [0.15, 0.2) is 22.7 Å². The number of ether oxygens (including phenoxy) is 1. The zero-order valence-corrected chi connectivity index (χ0v) is 12.1. The van der Waals surface area contributed by atoms with Gasteiger partial charge in [0.2, 0.25) is 0 Å². The van der Waals surface area contributed by atoms with Crippen LogP contribution in [0.3, 0.4) is 0 Å². The largest absolute Gasteiger partial charge is 0.483 e. The van der Waals surface area contributed by atoms with E-state index in [1.54, 1.807) is 18.2 Å². The van der Waals surface area contributed by atoms with Gasteiger partial charge in [0, 0.05) is 11.6 Å². The van der Waals surface area contributed by atoms with Gasteiger partial charge in [-0.25, -0.2) is 0 Å². The van der Waals surface area contributed by atoms with E-state index in [0.717, 1.165) is 4.47 Å². The molecule has 5 heteroatoms. The molecule has 0 saturated heterocycles. The first kappa shape index (κ1) is 14.3. The molecule has 0 aliphatic carbocycles. The van der Waals surface area contributed by atoms with Crippen molar-refractivity contribution in [2.75, 3.05) is 13.2 Å². The molecule has 0 radical (unpaired) electrons. The van der Waals surface area contributed by atoms with Crippen LogP contribution in [-0.4, -0.2) is 19.1 Å². The lowest BCUT2D eigenvalue weighted by Gasteiger charge is -2.10. The Morgan fingerprint density at radius 1 is 1.53 bits per heavy atom. The Labute approximate surface area is 115 Å². The van der Waals surface area contributed by atoms with E-state index >= 15 is 0 Å². The highest BCUT2D eigenvalue weighted by atomic mass is 79.9. The Kier molecular flexibility index (Phi) is 5.78. The van der Waals surface area contributed by atoms with Crippen molar-refractivity contribution >= 4 is 33.4 Å². The van der Waals surface area contributed by atoms with Crippen molar-refractivity contribution in [3.05, 3.63) is 27.7 Å². The van der Waals surface area contributed by atoms with Crippen molar-refractivity contribution < 1.29 is 9.53 Å². The molecule has 1 aromatic carbocycles. The number of amides is 1. The normalized spacial score (nSPS) is 10.4. The molecule has 0 unspecified atom stereocenters. The first-order chi connectivity index (χ1) is 7.99. The van der Waals surface area contributed by atoms with Gasteiger partial charge in [0.15, 0.2) is 6.61 Å². The van der Waals surface area contributed by atoms with Crippen LogP contribution in [0.4, 0.5) is 0 Å². The lowest BCUT2D eigenvalue weighted by atomic mass is 10.2. The van der Waals surface area contributed by atoms with Crippen molar-refractivity contribution in [3.8, 4) is 5.75 Å². The van der Waals surface area contributed by atoms with Gasteiger partial charge in [-0.1, -0.05) is 25.4 Å². The molecule has 17 heavy (non-hydrogen) atoms. The molecule has 0 spiro atoms. The third kappa shape index (κ3) is 5.41. The SMILES string of the molecule is CC(C)CNC(=O)COc1ccc(Cl)cc1Br. The fourth-order valence-corrected chi connectivity index (χ4v) is 1.90. The van der Waals surface area contributed by atoms with Gasteiger partial charge in [-0.3, -0.25) is 4.79 Å². The molecule has 0 aromatic heterocycles. The topological polar surface area (TPSA) is 38.3 Å². The van der Waals surface area contributed by atoms with Crippen molar-refractivity contribution in [1.82, 2.24) is 5.32 Å². The number of hydrogen-bond acceptors (Lipinski definition) is 2. The summed E-state index contributed by atoms with van der Waals surface area (Å²) in [4.78, 5) is 11.4. The molecule has 1 aromatic rings. The molecule has 0 atom stereocenters. The summed E-state index contributed by atoms with van der Waals surface area (Å²) in [6, 6.07) is 5.17. The van der Waals surface area contributed by atoms with Crippen LogP contribution in [0.2, 0.25) is 5.02 Å². The van der Waals surface area contributed by atoms with Crippen LogP contribution in [0.1, 0.15) is 13.8 Å². The third-order valence-corrected chi connectivity index (χ3v) is 2.81. The molecule has 0 heterocycles. The minimum absolute atomic E-state index is 0.00690. The van der Waals surface area contributed by atoms with Gasteiger partial charge in [-0.05, 0) is 40.0 Å². The smallest absolute Gasteiger partial charge is 0.257 e. The van der Waals surface area contributed by atoms with Gasteiger partial charge < -0.3 is 10.1 Å².